The lowest BCUT2D eigenvalue weighted by molar-refractivity contribution is -0.398. The summed E-state index contributed by atoms with van der Waals surface area (Å²) in [5.74, 6) is 2.44. The fourth-order valence-corrected chi connectivity index (χ4v) is 7.98. The second-order valence-electron chi connectivity index (χ2n) is 12.4. The number of fused-ring (bicyclic) bond motifs is 7. The summed E-state index contributed by atoms with van der Waals surface area (Å²) in [6.45, 7) is 0. The topological polar surface area (TPSA) is 49.6 Å². The van der Waals surface area contributed by atoms with Crippen molar-refractivity contribution in [3.63, 3.8) is 0 Å². The van der Waals surface area contributed by atoms with Gasteiger partial charge >= 0.3 is 17.6 Å². The highest BCUT2D eigenvalue weighted by atomic mass is 15.2. The molecule has 10 rings (SSSR count). The van der Waals surface area contributed by atoms with Gasteiger partial charge in [0.2, 0.25) is 0 Å². The molecule has 0 N–H and O–H groups in total. The van der Waals surface area contributed by atoms with Crippen LogP contribution < -0.4 is 4.58 Å². The van der Waals surface area contributed by atoms with Gasteiger partial charge in [0.1, 0.15) is 12.9 Å². The third-order valence-corrected chi connectivity index (χ3v) is 9.91. The van der Waals surface area contributed by atoms with Crippen LogP contribution in [0.5, 0.6) is 0 Å². The summed E-state index contributed by atoms with van der Waals surface area (Å²) in [4.78, 5) is 14.1. The largest absolute Gasteiger partial charge is 0.474 e. The summed E-state index contributed by atoms with van der Waals surface area (Å²) in [5.41, 5.74) is 10.0. The number of rotatable bonds is 4. The van der Waals surface area contributed by atoms with Gasteiger partial charge in [0.25, 0.3) is 0 Å². The van der Waals surface area contributed by atoms with Gasteiger partial charge in [-0.25, -0.2) is 4.98 Å². The summed E-state index contributed by atoms with van der Waals surface area (Å²) in [6, 6.07) is 51.7. The van der Waals surface area contributed by atoms with Crippen LogP contribution in [-0.4, -0.2) is 37.2 Å². The average Bonchev–Trinajstić information content (AvgIpc) is 3.78. The van der Waals surface area contributed by atoms with Gasteiger partial charge in [0.15, 0.2) is 11.9 Å². The lowest BCUT2D eigenvalue weighted by Gasteiger charge is -2.34. The third kappa shape index (κ3) is 3.55. The lowest BCUT2D eigenvalue weighted by atomic mass is 9.67. The lowest BCUT2D eigenvalue weighted by Crippen LogP contribution is -2.28. The Morgan fingerprint density at radius 1 is 0.562 bits per heavy atom. The van der Waals surface area contributed by atoms with Crippen molar-refractivity contribution in [3.05, 3.63) is 174 Å². The number of benzene rings is 5. The van der Waals surface area contributed by atoms with E-state index >= 15 is 0 Å². The first-order valence-electron chi connectivity index (χ1n) is 16.1. The van der Waals surface area contributed by atoms with Gasteiger partial charge in [-0.1, -0.05) is 102 Å². The van der Waals surface area contributed by atoms with Gasteiger partial charge in [0.05, 0.1) is 22.6 Å². The van der Waals surface area contributed by atoms with E-state index in [1.807, 2.05) is 28.5 Å². The summed E-state index contributed by atoms with van der Waals surface area (Å²) < 4.78 is 6.20. The first-order chi connectivity index (χ1) is 23.7. The molecule has 0 atom stereocenters. The van der Waals surface area contributed by atoms with E-state index in [0.717, 1.165) is 34.2 Å². The van der Waals surface area contributed by atoms with Crippen molar-refractivity contribution in [3.8, 4) is 16.9 Å². The fraction of sp³-hybridized carbons (Fsp3) is 0.0476. The molecule has 0 bridgehead atoms. The number of aromatic nitrogens is 4. The van der Waals surface area contributed by atoms with Gasteiger partial charge in [-0.2, -0.15) is 4.98 Å². The minimum absolute atomic E-state index is 0.598. The standard InChI is InChI=1S/C42H28N6/c1-46-27-47(41-40(46)44-23-24-45-41)30-12-10-11-28(25-30)42(35-16-5-2-13-31(35)32-14-3-6-17-36(32)42)29-20-21-34-33-15-4-7-18-37(33)48(38(34)26-29)39-19-8-9-22-43-39/h2-26H,1H3/q+2. The molecule has 0 saturated carbocycles. The zero-order valence-corrected chi connectivity index (χ0v) is 26.1. The summed E-state index contributed by atoms with van der Waals surface area (Å²) in [6.07, 6.45) is 5.32. The van der Waals surface area contributed by atoms with E-state index in [2.05, 4.69) is 148 Å². The molecule has 5 aromatic carbocycles. The molecule has 1 aliphatic heterocycles. The summed E-state index contributed by atoms with van der Waals surface area (Å²) in [7, 11) is 1.96. The van der Waals surface area contributed by atoms with Crippen molar-refractivity contribution >= 4 is 45.1 Å². The molecule has 0 amide bonds. The number of nitrogens with zero attached hydrogens (tertiary/aromatic N) is 6. The number of pyridine rings is 1. The molecular weight excluding hydrogens is 589 g/mol. The molecule has 8 aromatic rings. The zero-order valence-electron chi connectivity index (χ0n) is 26.1. The van der Waals surface area contributed by atoms with Gasteiger partial charge in [-0.3, -0.25) is 4.57 Å². The van der Waals surface area contributed by atoms with Crippen molar-refractivity contribution < 1.29 is 4.58 Å². The van der Waals surface area contributed by atoms with Crippen LogP contribution in [0, 0.1) is 0 Å². The average molecular weight is 617 g/mol. The van der Waals surface area contributed by atoms with Crippen molar-refractivity contribution in [1.82, 2.24) is 24.1 Å². The Morgan fingerprint density at radius 2 is 1.25 bits per heavy atom. The predicted molar refractivity (Wildman–Crippen MR) is 190 cm³/mol. The van der Waals surface area contributed by atoms with Crippen LogP contribution in [0.1, 0.15) is 22.3 Å². The van der Waals surface area contributed by atoms with Crippen molar-refractivity contribution in [2.45, 2.75) is 5.41 Å². The Bertz CT molecular complexity index is 2630. The first-order valence-corrected chi connectivity index (χ1v) is 16.1. The highest BCUT2D eigenvalue weighted by molar-refractivity contribution is 6.09. The molecule has 2 aliphatic rings. The molecule has 3 aromatic heterocycles. The normalized spacial score (nSPS) is 14.0. The Balaban J connectivity index is 1.31. The smallest absolute Gasteiger partial charge is 0.294 e. The van der Waals surface area contributed by atoms with E-state index in [-0.39, 0.29) is 0 Å². The van der Waals surface area contributed by atoms with Crippen LogP contribution in [0.15, 0.2) is 152 Å². The van der Waals surface area contributed by atoms with Crippen LogP contribution in [0.4, 0.5) is 17.3 Å². The number of hydrogen-bond acceptors (Lipinski definition) is 3. The van der Waals surface area contributed by atoms with Crippen LogP contribution in [-0.2, 0) is 5.41 Å². The minimum atomic E-state index is -0.598. The van der Waals surface area contributed by atoms with Crippen LogP contribution in [0.3, 0.4) is 0 Å². The maximum atomic E-state index is 4.81. The quantitative estimate of drug-likeness (QED) is 0.186. The van der Waals surface area contributed by atoms with Crippen molar-refractivity contribution in [2.75, 3.05) is 7.05 Å². The SMILES string of the molecule is C[N+]1=C=[N+](c2cccc(C3(c4ccc5c6ccccc6n(-c6ccccn6)c5c4)c4ccccc4-c4ccccc43)c2)c2nccnc21. The molecule has 6 heteroatoms. The minimum Gasteiger partial charge on any atom is -0.294 e. The first kappa shape index (κ1) is 26.7. The van der Waals surface area contributed by atoms with Gasteiger partial charge in [-0.15, -0.1) is 4.58 Å². The molecule has 4 heterocycles. The second-order valence-corrected chi connectivity index (χ2v) is 12.4. The highest BCUT2D eigenvalue weighted by Gasteiger charge is 2.47. The van der Waals surface area contributed by atoms with E-state index in [1.54, 1.807) is 12.4 Å². The van der Waals surface area contributed by atoms with Crippen molar-refractivity contribution in [1.29, 1.82) is 0 Å². The predicted octanol–water partition coefficient (Wildman–Crippen LogP) is 8.63. The summed E-state index contributed by atoms with van der Waals surface area (Å²) in [5, 5.41) is 2.40. The number of para-hydroxylation sites is 1. The fourth-order valence-electron chi connectivity index (χ4n) is 7.98. The Morgan fingerprint density at radius 3 is 2.04 bits per heavy atom. The van der Waals surface area contributed by atoms with E-state index in [9.17, 15) is 0 Å². The maximum Gasteiger partial charge on any atom is 0.474 e. The van der Waals surface area contributed by atoms with Crippen molar-refractivity contribution in [2.24, 2.45) is 0 Å². The maximum absolute atomic E-state index is 4.81. The van der Waals surface area contributed by atoms with E-state index in [1.165, 1.54) is 44.2 Å². The molecule has 224 valence electrons. The molecule has 48 heavy (non-hydrogen) atoms. The van der Waals surface area contributed by atoms with Gasteiger partial charge in [0, 0.05) is 22.0 Å². The zero-order chi connectivity index (χ0) is 31.8. The van der Waals surface area contributed by atoms with Crippen LogP contribution >= 0.6 is 0 Å². The van der Waals surface area contributed by atoms with E-state index in [0.29, 0.717) is 0 Å². The summed E-state index contributed by atoms with van der Waals surface area (Å²) >= 11 is 0. The molecule has 1 aliphatic carbocycles. The Kier molecular flexibility index (Phi) is 5.56. The molecule has 6 nitrogen and oxygen atoms in total. The van der Waals surface area contributed by atoms with Crippen LogP contribution in [0.25, 0.3) is 38.8 Å². The Hall–Kier alpha value is -6.49. The third-order valence-electron chi connectivity index (χ3n) is 9.91. The molecule has 0 radical (unpaired) electrons. The molecule has 0 spiro atoms. The number of hydrogen-bond donors (Lipinski definition) is 0. The second kappa shape index (κ2) is 10.0. The molecule has 0 unspecified atom stereocenters. The Labute approximate surface area is 276 Å². The van der Waals surface area contributed by atoms with E-state index in [4.69, 9.17) is 4.98 Å². The van der Waals surface area contributed by atoms with Gasteiger partial charge in [-0.05, 0) is 69.8 Å². The molecular formula is C42H28N6+2. The van der Waals surface area contributed by atoms with Crippen LogP contribution in [0.2, 0.25) is 0 Å². The van der Waals surface area contributed by atoms with E-state index < -0.39 is 5.41 Å². The monoisotopic (exact) mass is 616 g/mol. The van der Waals surface area contributed by atoms with Gasteiger partial charge < -0.3 is 0 Å². The molecule has 0 saturated heterocycles. The molecule has 0 fully saturated rings. The highest BCUT2D eigenvalue weighted by Crippen LogP contribution is 2.57.